The topological polar surface area (TPSA) is 9.23 Å². The van der Waals surface area contributed by atoms with Crippen molar-refractivity contribution in [2.24, 2.45) is 0 Å². The zero-order valence-corrected chi connectivity index (χ0v) is 14.0. The molecule has 0 heterocycles. The van der Waals surface area contributed by atoms with Crippen molar-refractivity contribution < 1.29 is 22.3 Å². The van der Waals surface area contributed by atoms with Crippen LogP contribution in [0.25, 0.3) is 22.3 Å². The molecule has 0 aromatic heterocycles. The Morgan fingerprint density at radius 3 is 1.88 bits per heavy atom. The molecule has 0 aliphatic heterocycles. The predicted octanol–water partition coefficient (Wildman–Crippen LogP) is 6.09. The summed E-state index contributed by atoms with van der Waals surface area (Å²) in [4.78, 5) is 0. The summed E-state index contributed by atoms with van der Waals surface area (Å²) in [7, 11) is 0. The average Bonchev–Trinajstić information content (AvgIpc) is 2.61. The summed E-state index contributed by atoms with van der Waals surface area (Å²) in [6.45, 7) is 0.639. The van der Waals surface area contributed by atoms with Crippen molar-refractivity contribution in [3.05, 3.63) is 77.6 Å². The third kappa shape index (κ3) is 3.72. The Hall–Kier alpha value is -2.82. The van der Waals surface area contributed by atoms with Gasteiger partial charge in [-0.2, -0.15) is 0 Å². The lowest BCUT2D eigenvalue weighted by molar-refractivity contribution is 0.251. The number of ether oxygens (including phenoxy) is 1. The van der Waals surface area contributed by atoms with Gasteiger partial charge in [0.15, 0.2) is 17.4 Å². The zero-order valence-electron chi connectivity index (χ0n) is 14.0. The Balaban J connectivity index is 1.96. The second-order valence-corrected chi connectivity index (χ2v) is 5.87. The molecule has 3 rings (SSSR count). The summed E-state index contributed by atoms with van der Waals surface area (Å²) in [5.74, 6) is -3.27. The van der Waals surface area contributed by atoms with Crippen LogP contribution in [0.15, 0.2) is 54.6 Å². The number of benzene rings is 3. The first-order chi connectivity index (χ1) is 12.5. The molecule has 0 radical (unpaired) electrons. The normalized spacial score (nSPS) is 10.8. The Bertz CT molecular complexity index is 897. The summed E-state index contributed by atoms with van der Waals surface area (Å²) < 4.78 is 59.4. The molecule has 0 atom stereocenters. The van der Waals surface area contributed by atoms with Gasteiger partial charge < -0.3 is 4.74 Å². The molecule has 26 heavy (non-hydrogen) atoms. The minimum atomic E-state index is -1.00. The SMILES string of the molecule is Cc1ccc(-c2ccc(-c3cc(F)c(OCCF)c(F)c3)c(F)c2)cc1. The second kappa shape index (κ2) is 7.60. The van der Waals surface area contributed by atoms with Crippen molar-refractivity contribution in [1.82, 2.24) is 0 Å². The van der Waals surface area contributed by atoms with E-state index >= 15 is 0 Å². The molecule has 1 nitrogen and oxygen atoms in total. The molecule has 5 heteroatoms. The molecule has 0 aliphatic carbocycles. The molecule has 0 N–H and O–H groups in total. The lowest BCUT2D eigenvalue weighted by Gasteiger charge is -2.11. The van der Waals surface area contributed by atoms with Gasteiger partial charge >= 0.3 is 0 Å². The third-order valence-electron chi connectivity index (χ3n) is 3.99. The van der Waals surface area contributed by atoms with Gasteiger partial charge in [-0.05, 0) is 41.8 Å². The van der Waals surface area contributed by atoms with E-state index in [1.54, 1.807) is 6.07 Å². The Morgan fingerprint density at radius 1 is 0.731 bits per heavy atom. The number of hydrogen-bond donors (Lipinski definition) is 0. The van der Waals surface area contributed by atoms with Crippen LogP contribution >= 0.6 is 0 Å². The number of alkyl halides is 1. The monoisotopic (exact) mass is 360 g/mol. The lowest BCUT2D eigenvalue weighted by atomic mass is 9.99. The maximum atomic E-state index is 14.5. The highest BCUT2D eigenvalue weighted by Crippen LogP contribution is 2.32. The minimum Gasteiger partial charge on any atom is -0.485 e. The first kappa shape index (κ1) is 18.0. The molecule has 0 unspecified atom stereocenters. The zero-order chi connectivity index (χ0) is 18.7. The molecule has 0 spiro atoms. The fourth-order valence-electron chi connectivity index (χ4n) is 2.67. The molecule has 0 aliphatic rings. The first-order valence-corrected chi connectivity index (χ1v) is 8.04. The van der Waals surface area contributed by atoms with Crippen LogP contribution in [0.1, 0.15) is 5.56 Å². The molecule has 0 amide bonds. The van der Waals surface area contributed by atoms with E-state index in [4.69, 9.17) is 4.74 Å². The van der Waals surface area contributed by atoms with Crippen molar-refractivity contribution >= 4 is 0 Å². The highest BCUT2D eigenvalue weighted by Gasteiger charge is 2.16. The number of aryl methyl sites for hydroxylation is 1. The smallest absolute Gasteiger partial charge is 0.190 e. The van der Waals surface area contributed by atoms with Crippen LogP contribution < -0.4 is 4.74 Å². The minimum absolute atomic E-state index is 0.0422. The molecular weight excluding hydrogens is 344 g/mol. The van der Waals surface area contributed by atoms with E-state index in [1.165, 1.54) is 12.1 Å². The van der Waals surface area contributed by atoms with Crippen LogP contribution in [-0.2, 0) is 0 Å². The van der Waals surface area contributed by atoms with E-state index in [-0.39, 0.29) is 11.1 Å². The van der Waals surface area contributed by atoms with Gasteiger partial charge in [-0.25, -0.2) is 17.6 Å². The van der Waals surface area contributed by atoms with Crippen LogP contribution in [0.4, 0.5) is 17.6 Å². The molecule has 3 aromatic carbocycles. The summed E-state index contributed by atoms with van der Waals surface area (Å²) >= 11 is 0. The Morgan fingerprint density at radius 2 is 1.31 bits per heavy atom. The number of rotatable bonds is 5. The van der Waals surface area contributed by atoms with Gasteiger partial charge in [0.1, 0.15) is 19.1 Å². The lowest BCUT2D eigenvalue weighted by Crippen LogP contribution is -2.03. The Kier molecular flexibility index (Phi) is 5.26. The van der Waals surface area contributed by atoms with Crippen molar-refractivity contribution in [3.63, 3.8) is 0 Å². The molecule has 0 saturated heterocycles. The van der Waals surface area contributed by atoms with Crippen molar-refractivity contribution in [1.29, 1.82) is 0 Å². The van der Waals surface area contributed by atoms with E-state index in [1.807, 2.05) is 31.2 Å². The first-order valence-electron chi connectivity index (χ1n) is 8.04. The quantitative estimate of drug-likeness (QED) is 0.500. The molecule has 3 aromatic rings. The van der Waals surface area contributed by atoms with Crippen LogP contribution in [0.3, 0.4) is 0 Å². The van der Waals surface area contributed by atoms with E-state index in [0.29, 0.717) is 5.56 Å². The van der Waals surface area contributed by atoms with E-state index in [9.17, 15) is 17.6 Å². The van der Waals surface area contributed by atoms with Crippen LogP contribution in [-0.4, -0.2) is 13.3 Å². The molecular formula is C21H16F4O. The standard InChI is InChI=1S/C21H16F4O/c1-13-2-4-14(5-3-13)15-6-7-17(18(23)10-15)16-11-19(24)21(20(25)12-16)26-9-8-22/h2-7,10-12H,8-9H2,1H3. The van der Waals surface area contributed by atoms with Gasteiger partial charge in [0, 0.05) is 5.56 Å². The van der Waals surface area contributed by atoms with Crippen LogP contribution in [0.5, 0.6) is 5.75 Å². The number of halogens is 4. The van der Waals surface area contributed by atoms with Crippen LogP contribution in [0, 0.1) is 24.4 Å². The average molecular weight is 360 g/mol. The van der Waals surface area contributed by atoms with Gasteiger partial charge in [0.05, 0.1) is 0 Å². The van der Waals surface area contributed by atoms with Crippen LogP contribution in [0.2, 0.25) is 0 Å². The highest BCUT2D eigenvalue weighted by atomic mass is 19.1. The molecule has 0 bridgehead atoms. The van der Waals surface area contributed by atoms with Gasteiger partial charge in [-0.15, -0.1) is 0 Å². The van der Waals surface area contributed by atoms with Gasteiger partial charge in [-0.3, -0.25) is 0 Å². The van der Waals surface area contributed by atoms with Gasteiger partial charge in [-0.1, -0.05) is 42.0 Å². The van der Waals surface area contributed by atoms with E-state index in [2.05, 4.69) is 0 Å². The van der Waals surface area contributed by atoms with Crippen molar-refractivity contribution in [2.75, 3.05) is 13.3 Å². The van der Waals surface area contributed by atoms with Crippen molar-refractivity contribution in [3.8, 4) is 28.0 Å². The highest BCUT2D eigenvalue weighted by molar-refractivity contribution is 5.71. The largest absolute Gasteiger partial charge is 0.485 e. The molecule has 134 valence electrons. The van der Waals surface area contributed by atoms with Crippen molar-refractivity contribution in [2.45, 2.75) is 6.92 Å². The van der Waals surface area contributed by atoms with Gasteiger partial charge in [0.2, 0.25) is 0 Å². The van der Waals surface area contributed by atoms with Gasteiger partial charge in [0.25, 0.3) is 0 Å². The summed E-state index contributed by atoms with van der Waals surface area (Å²) in [6, 6.07) is 14.0. The van der Waals surface area contributed by atoms with E-state index < -0.39 is 36.5 Å². The predicted molar refractivity (Wildman–Crippen MR) is 93.4 cm³/mol. The molecule has 0 saturated carbocycles. The summed E-state index contributed by atoms with van der Waals surface area (Å²) in [5.41, 5.74) is 2.70. The summed E-state index contributed by atoms with van der Waals surface area (Å²) in [5, 5.41) is 0. The maximum Gasteiger partial charge on any atom is 0.190 e. The van der Waals surface area contributed by atoms with E-state index in [0.717, 1.165) is 23.3 Å². The fraction of sp³-hybridized carbons (Fsp3) is 0.143. The maximum absolute atomic E-state index is 14.5. The second-order valence-electron chi connectivity index (χ2n) is 5.87. The fourth-order valence-corrected chi connectivity index (χ4v) is 2.67. The Labute approximate surface area is 148 Å². The third-order valence-corrected chi connectivity index (χ3v) is 3.99. The number of hydrogen-bond acceptors (Lipinski definition) is 1. The molecule has 0 fully saturated rings. The summed E-state index contributed by atoms with van der Waals surface area (Å²) in [6.07, 6.45) is 0.